The quantitative estimate of drug-likeness (QED) is 0.707. The van der Waals surface area contributed by atoms with Crippen LogP contribution in [0, 0.1) is 6.92 Å². The summed E-state index contributed by atoms with van der Waals surface area (Å²) in [5.41, 5.74) is 6.86. The maximum absolute atomic E-state index is 12.3. The first-order chi connectivity index (χ1) is 9.81. The minimum absolute atomic E-state index is 0.101. The third kappa shape index (κ3) is 5.07. The smallest absolute Gasteiger partial charge is 0.241 e. The molecule has 1 unspecified atom stereocenters. The predicted octanol–water partition coefficient (Wildman–Crippen LogP) is 1.58. The van der Waals surface area contributed by atoms with Crippen LogP contribution in [0.1, 0.15) is 25.3 Å². The van der Waals surface area contributed by atoms with Crippen molar-refractivity contribution < 1.29 is 13.2 Å². The van der Waals surface area contributed by atoms with Crippen LogP contribution in [0.5, 0.6) is 0 Å². The van der Waals surface area contributed by atoms with Crippen molar-refractivity contribution in [3.8, 4) is 0 Å². The number of nitrogens with one attached hydrogen (secondary N) is 1. The van der Waals surface area contributed by atoms with E-state index in [0.29, 0.717) is 6.42 Å². The molecule has 1 aromatic carbocycles. The van der Waals surface area contributed by atoms with Crippen LogP contribution >= 0.6 is 11.6 Å². The molecule has 1 rings (SSSR count). The second-order valence-corrected chi connectivity index (χ2v) is 6.95. The molecule has 0 aliphatic heterocycles. The van der Waals surface area contributed by atoms with Gasteiger partial charge in [0.25, 0.3) is 0 Å². The summed E-state index contributed by atoms with van der Waals surface area (Å²) >= 11 is 5.55. The summed E-state index contributed by atoms with van der Waals surface area (Å²) in [4.78, 5) is 12.0. The van der Waals surface area contributed by atoms with Gasteiger partial charge in [-0.3, -0.25) is 4.79 Å². The number of hydrogen-bond donors (Lipinski definition) is 2. The fourth-order valence-corrected chi connectivity index (χ4v) is 3.36. The van der Waals surface area contributed by atoms with Crippen molar-refractivity contribution in [1.82, 2.24) is 4.72 Å². The molecule has 0 amide bonds. The van der Waals surface area contributed by atoms with Crippen molar-refractivity contribution in [2.45, 2.75) is 43.7 Å². The van der Waals surface area contributed by atoms with Crippen molar-refractivity contribution in [3.63, 3.8) is 0 Å². The summed E-state index contributed by atoms with van der Waals surface area (Å²) in [6.07, 6.45) is 1.28. The Balaban J connectivity index is 3.01. The molecule has 5 nitrogen and oxygen atoms in total. The maximum Gasteiger partial charge on any atom is 0.241 e. The van der Waals surface area contributed by atoms with Gasteiger partial charge in [0.15, 0.2) is 5.78 Å². The minimum atomic E-state index is -3.80. The van der Waals surface area contributed by atoms with E-state index in [0.717, 1.165) is 12.0 Å². The largest absolute Gasteiger partial charge is 0.326 e. The first kappa shape index (κ1) is 18.1. The molecular formula is C14H21ClN2O3S. The van der Waals surface area contributed by atoms with Crippen molar-refractivity contribution in [1.29, 1.82) is 0 Å². The Labute approximate surface area is 130 Å². The predicted molar refractivity (Wildman–Crippen MR) is 83.9 cm³/mol. The van der Waals surface area contributed by atoms with Gasteiger partial charge in [0.05, 0.1) is 16.8 Å². The van der Waals surface area contributed by atoms with Gasteiger partial charge in [-0.2, -0.15) is 4.72 Å². The Bertz CT molecular complexity index is 572. The van der Waals surface area contributed by atoms with Gasteiger partial charge >= 0.3 is 0 Å². The van der Waals surface area contributed by atoms with Crippen molar-refractivity contribution in [2.75, 3.05) is 5.88 Å². The van der Waals surface area contributed by atoms with E-state index < -0.39 is 27.9 Å². The van der Waals surface area contributed by atoms with Crippen LogP contribution in [0.4, 0.5) is 0 Å². The number of nitrogens with two attached hydrogens (primary N) is 1. The molecule has 2 atom stereocenters. The molecule has 0 heterocycles. The third-order valence-electron chi connectivity index (χ3n) is 3.14. The molecule has 1 aromatic rings. The molecule has 118 valence electrons. The average Bonchev–Trinajstić information content (AvgIpc) is 2.44. The minimum Gasteiger partial charge on any atom is -0.326 e. The molecule has 0 aliphatic carbocycles. The molecule has 0 radical (unpaired) electrons. The number of halogens is 1. The summed E-state index contributed by atoms with van der Waals surface area (Å²) in [7, 11) is -3.80. The zero-order chi connectivity index (χ0) is 16.0. The summed E-state index contributed by atoms with van der Waals surface area (Å²) in [6, 6.07) is 4.77. The normalized spacial score (nSPS) is 14.7. The van der Waals surface area contributed by atoms with Gasteiger partial charge in [0.1, 0.15) is 0 Å². The summed E-state index contributed by atoms with van der Waals surface area (Å²) in [6.45, 7) is 3.78. The van der Waals surface area contributed by atoms with E-state index in [9.17, 15) is 13.2 Å². The molecular weight excluding hydrogens is 312 g/mol. The molecule has 7 heteroatoms. The summed E-state index contributed by atoms with van der Waals surface area (Å²) < 4.78 is 27.0. The Morgan fingerprint density at radius 3 is 2.38 bits per heavy atom. The molecule has 3 N–H and O–H groups in total. The van der Waals surface area contributed by atoms with Gasteiger partial charge in [-0.15, -0.1) is 11.6 Å². The standard InChI is InChI=1S/C14H21ClN2O3S/c1-3-4-12(16)14(13(18)9-15)17-21(19,20)11-7-5-10(2)6-8-11/h5-8,12,14,17H,3-4,9,16H2,1-2H3/t12?,14-/m0/s1. The number of hydrogen-bond acceptors (Lipinski definition) is 4. The van der Waals surface area contributed by atoms with Crippen molar-refractivity contribution >= 4 is 27.4 Å². The Morgan fingerprint density at radius 1 is 1.33 bits per heavy atom. The fraction of sp³-hybridized carbons (Fsp3) is 0.500. The number of benzene rings is 1. The molecule has 0 saturated carbocycles. The van der Waals surface area contributed by atoms with Crippen LogP contribution in [-0.2, 0) is 14.8 Å². The van der Waals surface area contributed by atoms with Crippen molar-refractivity contribution in [2.24, 2.45) is 5.73 Å². The highest BCUT2D eigenvalue weighted by Crippen LogP contribution is 2.12. The van der Waals surface area contributed by atoms with Crippen LogP contribution in [0.15, 0.2) is 29.2 Å². The molecule has 0 saturated heterocycles. The molecule has 0 aliphatic rings. The van der Waals surface area contributed by atoms with Crippen LogP contribution in [-0.4, -0.2) is 32.2 Å². The van der Waals surface area contributed by atoms with E-state index in [1.165, 1.54) is 12.1 Å². The number of carbonyl (C=O) groups is 1. The zero-order valence-corrected chi connectivity index (χ0v) is 13.7. The number of alkyl halides is 1. The SMILES string of the molecule is CCCC(N)[C@H](NS(=O)(=O)c1ccc(C)cc1)C(=O)CCl. The lowest BCUT2D eigenvalue weighted by Crippen LogP contribution is -2.52. The van der Waals surface area contributed by atoms with Crippen molar-refractivity contribution in [3.05, 3.63) is 29.8 Å². The molecule has 0 spiro atoms. The van der Waals surface area contributed by atoms with E-state index >= 15 is 0 Å². The third-order valence-corrected chi connectivity index (χ3v) is 4.86. The van der Waals surface area contributed by atoms with Crippen LogP contribution < -0.4 is 10.5 Å². The van der Waals surface area contributed by atoms with Gasteiger partial charge in [0, 0.05) is 6.04 Å². The number of carbonyl (C=O) groups excluding carboxylic acids is 1. The number of sulfonamides is 1. The summed E-state index contributed by atoms with van der Waals surface area (Å²) in [5.74, 6) is -0.702. The highest BCUT2D eigenvalue weighted by atomic mass is 35.5. The second kappa shape index (κ2) is 7.89. The van der Waals surface area contributed by atoms with Gasteiger partial charge in [-0.25, -0.2) is 8.42 Å². The number of Topliss-reactive ketones (excluding diaryl/α,β-unsaturated/α-hetero) is 1. The maximum atomic E-state index is 12.3. The first-order valence-electron chi connectivity index (χ1n) is 6.75. The fourth-order valence-electron chi connectivity index (χ4n) is 1.93. The second-order valence-electron chi connectivity index (χ2n) is 4.96. The van der Waals surface area contributed by atoms with E-state index in [4.69, 9.17) is 17.3 Å². The average molecular weight is 333 g/mol. The lowest BCUT2D eigenvalue weighted by molar-refractivity contribution is -0.118. The Morgan fingerprint density at radius 2 is 1.90 bits per heavy atom. The zero-order valence-electron chi connectivity index (χ0n) is 12.2. The van der Waals surface area contributed by atoms with E-state index in [-0.39, 0.29) is 10.8 Å². The lowest BCUT2D eigenvalue weighted by atomic mass is 10.0. The number of rotatable bonds is 8. The highest BCUT2D eigenvalue weighted by molar-refractivity contribution is 7.89. The van der Waals surface area contributed by atoms with E-state index in [1.54, 1.807) is 12.1 Å². The van der Waals surface area contributed by atoms with Gasteiger partial charge in [0.2, 0.25) is 10.0 Å². The summed E-state index contributed by atoms with van der Waals surface area (Å²) in [5, 5.41) is 0. The molecule has 0 aromatic heterocycles. The van der Waals surface area contributed by atoms with Crippen LogP contribution in [0.3, 0.4) is 0 Å². The van der Waals surface area contributed by atoms with E-state index in [2.05, 4.69) is 4.72 Å². The molecule has 21 heavy (non-hydrogen) atoms. The van der Waals surface area contributed by atoms with Gasteiger partial charge in [-0.05, 0) is 25.5 Å². The lowest BCUT2D eigenvalue weighted by Gasteiger charge is -2.23. The topological polar surface area (TPSA) is 89.3 Å². The highest BCUT2D eigenvalue weighted by Gasteiger charge is 2.29. The number of ketones is 1. The Kier molecular flexibility index (Phi) is 6.80. The molecule has 0 bridgehead atoms. The monoisotopic (exact) mass is 332 g/mol. The van der Waals surface area contributed by atoms with Gasteiger partial charge in [-0.1, -0.05) is 31.0 Å². The van der Waals surface area contributed by atoms with Gasteiger partial charge < -0.3 is 5.73 Å². The Hall–Kier alpha value is -0.950. The first-order valence-corrected chi connectivity index (χ1v) is 8.76. The molecule has 0 fully saturated rings. The van der Waals surface area contributed by atoms with Crippen LogP contribution in [0.2, 0.25) is 0 Å². The van der Waals surface area contributed by atoms with Crippen LogP contribution in [0.25, 0.3) is 0 Å². The van der Waals surface area contributed by atoms with E-state index in [1.807, 2.05) is 13.8 Å². The number of aryl methyl sites for hydroxylation is 1.